The second-order valence-electron chi connectivity index (χ2n) is 6.02. The molecule has 3 heteroatoms. The molecule has 0 fully saturated rings. The average molecular weight is 340 g/mol. The lowest BCUT2D eigenvalue weighted by molar-refractivity contribution is -0.439. The molecule has 0 radical (unpaired) electrons. The van der Waals surface area contributed by atoms with Crippen molar-refractivity contribution in [3.63, 3.8) is 0 Å². The highest BCUT2D eigenvalue weighted by Gasteiger charge is 2.42. The number of aliphatic hydroxyl groups is 1. The lowest BCUT2D eigenvalue weighted by Crippen LogP contribution is -3.00. The Hall–Kier alpha value is -0.670. The van der Waals surface area contributed by atoms with E-state index in [2.05, 4.69) is 49.6 Å². The minimum Gasteiger partial charge on any atom is -1.00 e. The monoisotopic (exact) mass is 339 g/mol. The van der Waals surface area contributed by atoms with Crippen LogP contribution in [0.1, 0.15) is 52.0 Å². The summed E-state index contributed by atoms with van der Waals surface area (Å²) in [6.07, 6.45) is 4.47. The molecule has 1 aromatic rings. The quantitative estimate of drug-likeness (QED) is 0.596. The highest BCUT2D eigenvalue weighted by molar-refractivity contribution is 5.93. The Morgan fingerprint density at radius 3 is 2.40 bits per heavy atom. The number of halogens is 1. The third kappa shape index (κ3) is 3.32. The van der Waals surface area contributed by atoms with Crippen molar-refractivity contribution in [1.82, 2.24) is 0 Å². The maximum atomic E-state index is 8.80. The van der Waals surface area contributed by atoms with Crippen molar-refractivity contribution >= 4 is 11.4 Å². The molecule has 0 aliphatic carbocycles. The van der Waals surface area contributed by atoms with Gasteiger partial charge in [-0.05, 0) is 26.7 Å². The van der Waals surface area contributed by atoms with Gasteiger partial charge in [-0.15, -0.1) is 0 Å². The number of unbranched alkanes of at least 4 members (excludes halogenated alkanes) is 3. The third-order valence-electron chi connectivity index (χ3n) is 4.47. The number of rotatable bonds is 6. The smallest absolute Gasteiger partial charge is 0.209 e. The summed E-state index contributed by atoms with van der Waals surface area (Å²) in [6.45, 7) is 8.30. The number of hydrogen-bond donors (Lipinski definition) is 1. The van der Waals surface area contributed by atoms with E-state index in [1.165, 1.54) is 29.8 Å². The van der Waals surface area contributed by atoms with Gasteiger partial charge < -0.3 is 22.1 Å². The number of hydrogen-bond acceptors (Lipinski definition) is 1. The van der Waals surface area contributed by atoms with Crippen LogP contribution in [0.2, 0.25) is 0 Å². The summed E-state index contributed by atoms with van der Waals surface area (Å²) in [5.41, 5.74) is 4.44. The van der Waals surface area contributed by atoms with Gasteiger partial charge in [0.2, 0.25) is 5.69 Å². The molecule has 0 aromatic heterocycles. The Labute approximate surface area is 133 Å². The van der Waals surface area contributed by atoms with Crippen LogP contribution >= 0.6 is 0 Å². The van der Waals surface area contributed by atoms with Gasteiger partial charge in [0, 0.05) is 31.6 Å². The minimum atomic E-state index is 0. The number of aliphatic hydroxyl groups excluding tert-OH is 1. The number of para-hydroxylation sites is 1. The Morgan fingerprint density at radius 1 is 1.05 bits per heavy atom. The van der Waals surface area contributed by atoms with Gasteiger partial charge in [0.15, 0.2) is 5.71 Å². The van der Waals surface area contributed by atoms with E-state index in [-0.39, 0.29) is 22.4 Å². The van der Waals surface area contributed by atoms with Gasteiger partial charge in [-0.1, -0.05) is 24.6 Å². The van der Waals surface area contributed by atoms with E-state index in [0.717, 1.165) is 19.4 Å². The summed E-state index contributed by atoms with van der Waals surface area (Å²) in [7, 11) is 0. The highest BCUT2D eigenvalue weighted by Crippen LogP contribution is 2.39. The summed E-state index contributed by atoms with van der Waals surface area (Å²) in [4.78, 5) is 0. The van der Waals surface area contributed by atoms with Crippen LogP contribution in [0.25, 0.3) is 0 Å². The van der Waals surface area contributed by atoms with Gasteiger partial charge in [0.1, 0.15) is 6.54 Å². The molecule has 0 saturated carbocycles. The maximum Gasteiger partial charge on any atom is 0.209 e. The molecule has 2 nitrogen and oxygen atoms in total. The first-order chi connectivity index (χ1) is 9.09. The van der Waals surface area contributed by atoms with Crippen LogP contribution in [-0.2, 0) is 5.41 Å². The fraction of sp³-hybridized carbons (Fsp3) is 0.588. The Bertz CT molecular complexity index is 480. The molecule has 0 unspecified atom stereocenters. The van der Waals surface area contributed by atoms with Crippen LogP contribution in [0.5, 0.6) is 0 Å². The fourth-order valence-electron chi connectivity index (χ4n) is 2.97. The van der Waals surface area contributed by atoms with Crippen LogP contribution in [0.4, 0.5) is 5.69 Å². The van der Waals surface area contributed by atoms with Gasteiger partial charge in [0.25, 0.3) is 0 Å². The van der Waals surface area contributed by atoms with E-state index in [0.29, 0.717) is 6.61 Å². The van der Waals surface area contributed by atoms with E-state index in [1.54, 1.807) is 0 Å². The summed E-state index contributed by atoms with van der Waals surface area (Å²) in [6, 6.07) is 8.76. The van der Waals surface area contributed by atoms with E-state index < -0.39 is 0 Å². The van der Waals surface area contributed by atoms with Crippen LogP contribution in [0.3, 0.4) is 0 Å². The highest BCUT2D eigenvalue weighted by atomic mass is 79.9. The second-order valence-corrected chi connectivity index (χ2v) is 6.02. The van der Waals surface area contributed by atoms with Crippen molar-refractivity contribution in [2.24, 2.45) is 0 Å². The van der Waals surface area contributed by atoms with Crippen LogP contribution < -0.4 is 17.0 Å². The molecule has 1 N–H and O–H groups in total. The summed E-state index contributed by atoms with van der Waals surface area (Å²) < 4.78 is 2.48. The molecule has 0 spiro atoms. The largest absolute Gasteiger partial charge is 1.00 e. The molecule has 2 rings (SSSR count). The van der Waals surface area contributed by atoms with E-state index in [1.807, 2.05) is 0 Å². The molecule has 0 saturated heterocycles. The minimum absolute atomic E-state index is 0. The predicted molar refractivity (Wildman–Crippen MR) is 80.5 cm³/mol. The SMILES string of the molecule is CC1=[N+](CCCCCCO)c2ccccc2C1(C)C.[Br-]. The third-order valence-corrected chi connectivity index (χ3v) is 4.47. The topological polar surface area (TPSA) is 23.2 Å². The second kappa shape index (κ2) is 7.37. The zero-order chi connectivity index (χ0) is 13.9. The molecule has 1 heterocycles. The normalized spacial score (nSPS) is 16.0. The average Bonchev–Trinajstić information content (AvgIpc) is 2.60. The maximum absolute atomic E-state index is 8.80. The van der Waals surface area contributed by atoms with Crippen molar-refractivity contribution < 1.29 is 26.7 Å². The van der Waals surface area contributed by atoms with Crippen LogP contribution in [-0.4, -0.2) is 28.5 Å². The van der Waals surface area contributed by atoms with E-state index in [4.69, 9.17) is 5.11 Å². The lowest BCUT2D eigenvalue weighted by Gasteiger charge is -2.14. The van der Waals surface area contributed by atoms with Gasteiger partial charge in [-0.2, -0.15) is 4.58 Å². The van der Waals surface area contributed by atoms with Crippen molar-refractivity contribution in [2.75, 3.05) is 13.2 Å². The number of benzene rings is 1. The Morgan fingerprint density at radius 2 is 1.70 bits per heavy atom. The molecule has 0 bridgehead atoms. The molecule has 0 amide bonds. The zero-order valence-corrected chi connectivity index (χ0v) is 14.4. The molecule has 20 heavy (non-hydrogen) atoms. The Kier molecular flexibility index (Phi) is 6.41. The first-order valence-corrected chi connectivity index (χ1v) is 7.41. The molecular formula is C17H26BrNO. The van der Waals surface area contributed by atoms with Gasteiger partial charge >= 0.3 is 0 Å². The van der Waals surface area contributed by atoms with Crippen molar-refractivity contribution in [2.45, 2.75) is 51.9 Å². The van der Waals surface area contributed by atoms with Crippen LogP contribution in [0, 0.1) is 0 Å². The molecule has 1 aliphatic rings. The zero-order valence-electron chi connectivity index (χ0n) is 12.8. The Balaban J connectivity index is 0.00000200. The molecule has 112 valence electrons. The fourth-order valence-corrected chi connectivity index (χ4v) is 2.97. The van der Waals surface area contributed by atoms with Crippen LogP contribution in [0.15, 0.2) is 24.3 Å². The van der Waals surface area contributed by atoms with Gasteiger partial charge in [0.05, 0.1) is 5.41 Å². The molecule has 1 aromatic carbocycles. The predicted octanol–water partition coefficient (Wildman–Crippen LogP) is 0.639. The number of fused-ring (bicyclic) bond motifs is 1. The van der Waals surface area contributed by atoms with Gasteiger partial charge in [-0.3, -0.25) is 0 Å². The molecule has 1 aliphatic heterocycles. The summed E-state index contributed by atoms with van der Waals surface area (Å²) in [5, 5.41) is 8.80. The molecular weight excluding hydrogens is 314 g/mol. The lowest BCUT2D eigenvalue weighted by atomic mass is 9.82. The first-order valence-electron chi connectivity index (χ1n) is 7.41. The summed E-state index contributed by atoms with van der Waals surface area (Å²) >= 11 is 0. The van der Waals surface area contributed by atoms with Gasteiger partial charge in [-0.25, -0.2) is 0 Å². The van der Waals surface area contributed by atoms with Crippen molar-refractivity contribution in [1.29, 1.82) is 0 Å². The molecule has 0 atom stereocenters. The van der Waals surface area contributed by atoms with E-state index >= 15 is 0 Å². The van der Waals surface area contributed by atoms with E-state index in [9.17, 15) is 0 Å². The number of nitrogens with zero attached hydrogens (tertiary/aromatic N) is 1. The van der Waals surface area contributed by atoms with Crippen molar-refractivity contribution in [3.05, 3.63) is 29.8 Å². The first kappa shape index (κ1) is 17.4. The standard InChI is InChI=1S/C17H26NO.BrH/c1-14-17(2,3)15-10-6-7-11-16(15)18(14)12-8-4-5-9-13-19;/h6-7,10-11,19H,4-5,8-9,12-13H2,1-3H3;1H/q+1;/p-1. The van der Waals surface area contributed by atoms with Crippen molar-refractivity contribution in [3.8, 4) is 0 Å². The summed E-state index contributed by atoms with van der Waals surface area (Å²) in [5.74, 6) is 0.